The van der Waals surface area contributed by atoms with Crippen molar-refractivity contribution in [2.24, 2.45) is 5.73 Å². The molecule has 0 saturated heterocycles. The summed E-state index contributed by atoms with van der Waals surface area (Å²) in [7, 11) is -1.61. The Morgan fingerprint density at radius 3 is 2.62 bits per heavy atom. The van der Waals surface area contributed by atoms with Crippen molar-refractivity contribution in [3.05, 3.63) is 54.5 Å². The van der Waals surface area contributed by atoms with Crippen molar-refractivity contribution in [1.29, 1.82) is 0 Å². The van der Waals surface area contributed by atoms with Crippen molar-refractivity contribution in [3.63, 3.8) is 0 Å². The van der Waals surface area contributed by atoms with Gasteiger partial charge in [-0.1, -0.05) is 30.3 Å². The van der Waals surface area contributed by atoms with Gasteiger partial charge in [-0.05, 0) is 24.5 Å². The lowest BCUT2D eigenvalue weighted by Gasteiger charge is -2.40. The highest BCUT2D eigenvalue weighted by molar-refractivity contribution is 7.89. The number of aromatic nitrogens is 3. The molecule has 8 heteroatoms. The highest BCUT2D eigenvalue weighted by atomic mass is 32.2. The highest BCUT2D eigenvalue weighted by Gasteiger charge is 2.31. The zero-order chi connectivity index (χ0) is 18.3. The molecule has 4 rings (SSSR count). The number of hydrogen-bond acceptors (Lipinski definition) is 6. The molecule has 0 spiro atoms. The first-order chi connectivity index (χ1) is 12.5. The van der Waals surface area contributed by atoms with Crippen LogP contribution in [0.3, 0.4) is 0 Å². The van der Waals surface area contributed by atoms with Crippen LogP contribution >= 0.6 is 0 Å². The molecule has 0 bridgehead atoms. The Labute approximate surface area is 152 Å². The summed E-state index contributed by atoms with van der Waals surface area (Å²) in [4.78, 5) is 10.7. The number of hydrogen-bond donors (Lipinski definition) is 1. The summed E-state index contributed by atoms with van der Waals surface area (Å²) in [5, 5.41) is 0.729. The smallest absolute Gasteiger partial charge is 0.244 e. The average molecular weight is 371 g/mol. The Bertz CT molecular complexity index is 1030. The van der Waals surface area contributed by atoms with Crippen molar-refractivity contribution in [2.75, 3.05) is 11.9 Å². The maximum absolute atomic E-state index is 12.9. The van der Waals surface area contributed by atoms with Crippen LogP contribution in [0.25, 0.3) is 11.0 Å². The molecule has 136 valence electrons. The van der Waals surface area contributed by atoms with E-state index >= 15 is 0 Å². The molecule has 0 radical (unpaired) electrons. The Hall–Kier alpha value is -2.45. The van der Waals surface area contributed by atoms with Crippen LogP contribution in [-0.2, 0) is 15.8 Å². The molecular weight excluding hydrogens is 350 g/mol. The van der Waals surface area contributed by atoms with Gasteiger partial charge in [-0.3, -0.25) is 0 Å². The molecule has 0 atom stereocenters. The van der Waals surface area contributed by atoms with E-state index in [1.54, 1.807) is 24.4 Å². The molecule has 26 heavy (non-hydrogen) atoms. The van der Waals surface area contributed by atoms with E-state index in [4.69, 9.17) is 5.73 Å². The van der Waals surface area contributed by atoms with E-state index in [1.165, 1.54) is 10.3 Å². The Balaban J connectivity index is 1.70. The minimum absolute atomic E-state index is 0.0791. The van der Waals surface area contributed by atoms with Crippen LogP contribution in [0.15, 0.2) is 48.9 Å². The Morgan fingerprint density at radius 1 is 1.19 bits per heavy atom. The summed E-state index contributed by atoms with van der Waals surface area (Å²) < 4.78 is 27.0. The summed E-state index contributed by atoms with van der Waals surface area (Å²) in [6, 6.07) is 11.5. The monoisotopic (exact) mass is 371 g/mol. The van der Waals surface area contributed by atoms with Crippen molar-refractivity contribution in [3.8, 4) is 0 Å². The lowest BCUT2D eigenvalue weighted by Crippen LogP contribution is -2.49. The van der Waals surface area contributed by atoms with E-state index < -0.39 is 10.0 Å². The molecule has 7 nitrogen and oxygen atoms in total. The van der Waals surface area contributed by atoms with Crippen LogP contribution in [0.4, 0.5) is 5.82 Å². The third-order valence-corrected chi connectivity index (χ3v) is 6.54. The summed E-state index contributed by atoms with van der Waals surface area (Å²) >= 11 is 0. The van der Waals surface area contributed by atoms with E-state index in [-0.39, 0.29) is 11.8 Å². The standard InChI is InChI=1S/C18H21N5O2S/c1-22(15-9-14(19)10-15)17-16-7-8-23(18(16)21-12-20-17)26(24,25)11-13-5-3-2-4-6-13/h2-8,12,14-15H,9-11,19H2,1H3. The Morgan fingerprint density at radius 2 is 1.92 bits per heavy atom. The molecule has 1 fully saturated rings. The molecule has 2 N–H and O–H groups in total. The minimum Gasteiger partial charge on any atom is -0.356 e. The van der Waals surface area contributed by atoms with E-state index in [0.717, 1.165) is 29.6 Å². The molecule has 1 aromatic carbocycles. The van der Waals surface area contributed by atoms with Crippen LogP contribution in [0.5, 0.6) is 0 Å². The van der Waals surface area contributed by atoms with Crippen LogP contribution in [0.1, 0.15) is 18.4 Å². The lowest BCUT2D eigenvalue weighted by molar-refractivity contribution is 0.339. The van der Waals surface area contributed by atoms with Crippen molar-refractivity contribution in [2.45, 2.75) is 30.7 Å². The fraction of sp³-hybridized carbons (Fsp3) is 0.333. The molecule has 1 saturated carbocycles. The van der Waals surface area contributed by atoms with E-state index in [9.17, 15) is 8.42 Å². The highest BCUT2D eigenvalue weighted by Crippen LogP contribution is 2.31. The molecule has 3 aromatic rings. The number of rotatable bonds is 5. The topological polar surface area (TPSA) is 94.1 Å². The van der Waals surface area contributed by atoms with Gasteiger partial charge in [-0.25, -0.2) is 22.4 Å². The molecule has 1 aliphatic carbocycles. The number of benzene rings is 1. The first-order valence-corrected chi connectivity index (χ1v) is 10.1. The van der Waals surface area contributed by atoms with Gasteiger partial charge < -0.3 is 10.6 Å². The van der Waals surface area contributed by atoms with E-state index in [0.29, 0.717) is 11.7 Å². The Kier molecular flexibility index (Phi) is 4.16. The minimum atomic E-state index is -3.57. The molecule has 0 amide bonds. The summed E-state index contributed by atoms with van der Waals surface area (Å²) in [6.45, 7) is 0. The van der Waals surface area contributed by atoms with Gasteiger partial charge in [0, 0.05) is 25.3 Å². The fourth-order valence-corrected chi connectivity index (χ4v) is 4.80. The van der Waals surface area contributed by atoms with Crippen molar-refractivity contribution >= 4 is 26.9 Å². The molecule has 0 unspecified atom stereocenters. The SMILES string of the molecule is CN(c1ncnc2c1ccn2S(=O)(=O)Cc1ccccc1)C1CC(N)C1. The average Bonchev–Trinajstić information content (AvgIpc) is 3.04. The normalized spacial score (nSPS) is 20.1. The van der Waals surface area contributed by atoms with E-state index in [1.807, 2.05) is 25.2 Å². The molecule has 2 heterocycles. The predicted octanol–water partition coefficient (Wildman–Crippen LogP) is 1.74. The van der Waals surface area contributed by atoms with Gasteiger partial charge in [0.2, 0.25) is 10.0 Å². The maximum atomic E-state index is 12.9. The summed E-state index contributed by atoms with van der Waals surface area (Å²) in [5.41, 5.74) is 7.03. The molecule has 1 aliphatic rings. The fourth-order valence-electron chi connectivity index (χ4n) is 3.39. The van der Waals surface area contributed by atoms with Gasteiger partial charge in [-0.15, -0.1) is 0 Å². The van der Waals surface area contributed by atoms with Crippen LogP contribution < -0.4 is 10.6 Å². The molecular formula is C18H21N5O2S. The lowest BCUT2D eigenvalue weighted by atomic mass is 9.86. The van der Waals surface area contributed by atoms with Gasteiger partial charge in [0.1, 0.15) is 12.1 Å². The third-order valence-electron chi connectivity index (χ3n) is 4.95. The summed E-state index contributed by atoms with van der Waals surface area (Å²) in [5.74, 6) is 0.658. The van der Waals surface area contributed by atoms with Gasteiger partial charge in [0.05, 0.1) is 11.1 Å². The first-order valence-electron chi connectivity index (χ1n) is 8.53. The van der Waals surface area contributed by atoms with Gasteiger partial charge in [0.15, 0.2) is 5.65 Å². The second-order valence-corrected chi connectivity index (χ2v) is 8.63. The second-order valence-electron chi connectivity index (χ2n) is 6.78. The number of fused-ring (bicyclic) bond motifs is 1. The first kappa shape index (κ1) is 17.0. The number of nitrogens with zero attached hydrogens (tertiary/aromatic N) is 4. The van der Waals surface area contributed by atoms with Gasteiger partial charge in [0.25, 0.3) is 0 Å². The largest absolute Gasteiger partial charge is 0.356 e. The van der Waals surface area contributed by atoms with Crippen LogP contribution in [-0.4, -0.2) is 41.5 Å². The maximum Gasteiger partial charge on any atom is 0.244 e. The van der Waals surface area contributed by atoms with Gasteiger partial charge in [-0.2, -0.15) is 0 Å². The zero-order valence-electron chi connectivity index (χ0n) is 14.5. The van der Waals surface area contributed by atoms with E-state index in [2.05, 4.69) is 14.9 Å². The number of nitrogens with two attached hydrogens (primary N) is 1. The molecule has 2 aromatic heterocycles. The predicted molar refractivity (Wildman–Crippen MR) is 101 cm³/mol. The van der Waals surface area contributed by atoms with Crippen molar-refractivity contribution < 1.29 is 8.42 Å². The van der Waals surface area contributed by atoms with Gasteiger partial charge >= 0.3 is 0 Å². The molecule has 0 aliphatic heterocycles. The zero-order valence-corrected chi connectivity index (χ0v) is 15.3. The number of anilines is 1. The van der Waals surface area contributed by atoms with Crippen LogP contribution in [0.2, 0.25) is 0 Å². The van der Waals surface area contributed by atoms with Crippen molar-refractivity contribution in [1.82, 2.24) is 13.9 Å². The van der Waals surface area contributed by atoms with Crippen LogP contribution in [0, 0.1) is 0 Å². The summed E-state index contributed by atoms with van der Waals surface area (Å²) in [6.07, 6.45) is 4.80. The quantitative estimate of drug-likeness (QED) is 0.734. The third kappa shape index (κ3) is 2.95. The second kappa shape index (κ2) is 6.37.